The molecule has 0 saturated carbocycles. The van der Waals surface area contributed by atoms with Gasteiger partial charge in [-0.05, 0) is 42.7 Å². The zero-order valence-electron chi connectivity index (χ0n) is 16.0. The van der Waals surface area contributed by atoms with Gasteiger partial charge in [-0.1, -0.05) is 25.0 Å². The van der Waals surface area contributed by atoms with Crippen molar-refractivity contribution >= 4 is 10.0 Å². The third-order valence-electron chi connectivity index (χ3n) is 5.32. The second-order valence-corrected chi connectivity index (χ2v) is 8.95. The maximum Gasteiger partial charge on any atom is 0.243 e. The van der Waals surface area contributed by atoms with Crippen LogP contribution >= 0.6 is 0 Å². The SMILES string of the molecule is COc1ccc([C@@H]2CCCCCN2S(=O)(=O)c2ccc3c(c2)OCCO3)cc1. The monoisotopic (exact) mass is 403 g/mol. The second kappa shape index (κ2) is 8.01. The Bertz CT molecular complexity index is 926. The molecule has 2 heterocycles. The Morgan fingerprint density at radius 2 is 1.71 bits per heavy atom. The van der Waals surface area contributed by atoms with Crippen LogP contribution in [0.5, 0.6) is 17.2 Å². The maximum absolute atomic E-state index is 13.5. The Morgan fingerprint density at radius 1 is 0.964 bits per heavy atom. The number of benzene rings is 2. The van der Waals surface area contributed by atoms with E-state index in [1.807, 2.05) is 24.3 Å². The van der Waals surface area contributed by atoms with E-state index in [0.717, 1.165) is 37.0 Å². The van der Waals surface area contributed by atoms with Crippen LogP contribution in [0, 0.1) is 0 Å². The molecule has 1 atom stereocenters. The van der Waals surface area contributed by atoms with Crippen LogP contribution < -0.4 is 14.2 Å². The molecule has 0 aromatic heterocycles. The quantitative estimate of drug-likeness (QED) is 0.777. The van der Waals surface area contributed by atoms with Crippen LogP contribution in [-0.4, -0.2) is 39.6 Å². The van der Waals surface area contributed by atoms with Crippen molar-refractivity contribution in [3.63, 3.8) is 0 Å². The number of nitrogens with zero attached hydrogens (tertiary/aromatic N) is 1. The molecule has 150 valence electrons. The predicted molar refractivity (Wildman–Crippen MR) is 106 cm³/mol. The van der Waals surface area contributed by atoms with Crippen molar-refractivity contribution in [2.24, 2.45) is 0 Å². The Labute approximate surface area is 166 Å². The van der Waals surface area contributed by atoms with Crippen molar-refractivity contribution in [3.8, 4) is 17.2 Å². The number of sulfonamides is 1. The number of fused-ring (bicyclic) bond motifs is 1. The van der Waals surface area contributed by atoms with Gasteiger partial charge in [0, 0.05) is 12.6 Å². The van der Waals surface area contributed by atoms with E-state index in [2.05, 4.69) is 0 Å². The number of hydrogen-bond acceptors (Lipinski definition) is 5. The first-order valence-corrected chi connectivity index (χ1v) is 11.1. The van der Waals surface area contributed by atoms with E-state index in [4.69, 9.17) is 14.2 Å². The molecule has 0 unspecified atom stereocenters. The van der Waals surface area contributed by atoms with Gasteiger partial charge in [-0.2, -0.15) is 4.31 Å². The van der Waals surface area contributed by atoms with Gasteiger partial charge in [0.2, 0.25) is 10.0 Å². The summed E-state index contributed by atoms with van der Waals surface area (Å²) >= 11 is 0. The molecule has 2 aromatic rings. The summed E-state index contributed by atoms with van der Waals surface area (Å²) < 4.78 is 45.1. The third-order valence-corrected chi connectivity index (χ3v) is 7.23. The van der Waals surface area contributed by atoms with E-state index in [1.54, 1.807) is 29.6 Å². The van der Waals surface area contributed by atoms with E-state index >= 15 is 0 Å². The van der Waals surface area contributed by atoms with Crippen LogP contribution in [0.25, 0.3) is 0 Å². The van der Waals surface area contributed by atoms with Crippen LogP contribution in [0.15, 0.2) is 47.4 Å². The summed E-state index contributed by atoms with van der Waals surface area (Å²) in [4.78, 5) is 0.247. The highest BCUT2D eigenvalue weighted by atomic mass is 32.2. The average Bonchev–Trinajstić information content (AvgIpc) is 3.00. The summed E-state index contributed by atoms with van der Waals surface area (Å²) in [5, 5.41) is 0. The lowest BCUT2D eigenvalue weighted by molar-refractivity contribution is 0.171. The Morgan fingerprint density at radius 3 is 2.46 bits per heavy atom. The number of rotatable bonds is 4. The lowest BCUT2D eigenvalue weighted by Crippen LogP contribution is -2.35. The second-order valence-electron chi connectivity index (χ2n) is 7.06. The minimum absolute atomic E-state index is 0.188. The highest BCUT2D eigenvalue weighted by Gasteiger charge is 2.34. The molecule has 4 rings (SSSR count). The number of methoxy groups -OCH3 is 1. The van der Waals surface area contributed by atoms with Gasteiger partial charge in [-0.3, -0.25) is 0 Å². The largest absolute Gasteiger partial charge is 0.497 e. The van der Waals surface area contributed by atoms with Crippen LogP contribution in [0.1, 0.15) is 37.3 Å². The lowest BCUT2D eigenvalue weighted by Gasteiger charge is -2.30. The van der Waals surface area contributed by atoms with E-state index in [-0.39, 0.29) is 10.9 Å². The Hall–Kier alpha value is -2.25. The van der Waals surface area contributed by atoms with E-state index in [9.17, 15) is 8.42 Å². The smallest absolute Gasteiger partial charge is 0.243 e. The summed E-state index contributed by atoms with van der Waals surface area (Å²) in [6.45, 7) is 1.41. The van der Waals surface area contributed by atoms with Gasteiger partial charge in [0.05, 0.1) is 18.0 Å². The molecule has 0 amide bonds. The zero-order chi connectivity index (χ0) is 19.6. The molecule has 1 saturated heterocycles. The molecule has 6 nitrogen and oxygen atoms in total. The van der Waals surface area contributed by atoms with Gasteiger partial charge in [-0.15, -0.1) is 0 Å². The van der Waals surface area contributed by atoms with E-state index in [1.165, 1.54) is 0 Å². The standard InChI is InChI=1S/C21H25NO5S/c1-25-17-8-6-16(7-9-17)19-5-3-2-4-12-22(19)28(23,24)18-10-11-20-21(15-18)27-14-13-26-20/h6-11,15,19H,2-5,12-14H2,1H3/t19-/m0/s1. The highest BCUT2D eigenvalue weighted by molar-refractivity contribution is 7.89. The minimum Gasteiger partial charge on any atom is -0.497 e. The molecule has 0 spiro atoms. The first-order chi connectivity index (χ1) is 13.6. The van der Waals surface area contributed by atoms with Crippen LogP contribution in [0.2, 0.25) is 0 Å². The van der Waals surface area contributed by atoms with E-state index < -0.39 is 10.0 Å². The fourth-order valence-electron chi connectivity index (χ4n) is 3.85. The molecule has 0 aliphatic carbocycles. The van der Waals surface area contributed by atoms with Gasteiger partial charge in [0.1, 0.15) is 19.0 Å². The van der Waals surface area contributed by atoms with Gasteiger partial charge in [-0.25, -0.2) is 8.42 Å². The molecule has 7 heteroatoms. The molecular weight excluding hydrogens is 378 g/mol. The molecular formula is C21H25NO5S. The topological polar surface area (TPSA) is 65.1 Å². The van der Waals surface area contributed by atoms with Crippen molar-refractivity contribution in [1.82, 2.24) is 4.31 Å². The van der Waals surface area contributed by atoms with Crippen LogP contribution in [0.3, 0.4) is 0 Å². The van der Waals surface area contributed by atoms with Crippen LogP contribution in [-0.2, 0) is 10.0 Å². The van der Waals surface area contributed by atoms with Gasteiger partial charge in [0.25, 0.3) is 0 Å². The molecule has 2 aromatic carbocycles. The van der Waals surface area contributed by atoms with Crippen molar-refractivity contribution in [2.45, 2.75) is 36.6 Å². The van der Waals surface area contributed by atoms with Gasteiger partial charge < -0.3 is 14.2 Å². The van der Waals surface area contributed by atoms with Gasteiger partial charge in [0.15, 0.2) is 11.5 Å². The molecule has 0 bridgehead atoms. The summed E-state index contributed by atoms with van der Waals surface area (Å²) in [5.41, 5.74) is 0.990. The molecule has 0 N–H and O–H groups in total. The highest BCUT2D eigenvalue weighted by Crippen LogP contribution is 2.38. The normalized spacial score (nSPS) is 20.4. The van der Waals surface area contributed by atoms with Crippen molar-refractivity contribution in [1.29, 1.82) is 0 Å². The summed E-state index contributed by atoms with van der Waals surface area (Å²) in [7, 11) is -2.04. The first-order valence-electron chi connectivity index (χ1n) is 9.65. The van der Waals surface area contributed by atoms with Crippen molar-refractivity contribution in [3.05, 3.63) is 48.0 Å². The Balaban J connectivity index is 1.70. The number of hydrogen-bond donors (Lipinski definition) is 0. The zero-order valence-corrected chi connectivity index (χ0v) is 16.8. The van der Waals surface area contributed by atoms with Crippen molar-refractivity contribution < 1.29 is 22.6 Å². The summed E-state index contributed by atoms with van der Waals surface area (Å²) in [6, 6.07) is 12.4. The first kappa shape index (κ1) is 19.1. The molecule has 1 fully saturated rings. The minimum atomic E-state index is -3.67. The number of ether oxygens (including phenoxy) is 3. The van der Waals surface area contributed by atoms with Gasteiger partial charge >= 0.3 is 0 Å². The summed E-state index contributed by atoms with van der Waals surface area (Å²) in [5.74, 6) is 1.84. The summed E-state index contributed by atoms with van der Waals surface area (Å²) in [6.07, 6.45) is 3.69. The Kier molecular flexibility index (Phi) is 5.46. The van der Waals surface area contributed by atoms with Crippen molar-refractivity contribution in [2.75, 3.05) is 26.9 Å². The average molecular weight is 404 g/mol. The molecule has 0 radical (unpaired) electrons. The molecule has 2 aliphatic heterocycles. The fourth-order valence-corrected chi connectivity index (χ4v) is 5.55. The van der Waals surface area contributed by atoms with Crippen LogP contribution in [0.4, 0.5) is 0 Å². The predicted octanol–water partition coefficient (Wildman–Crippen LogP) is 3.77. The third kappa shape index (κ3) is 3.69. The molecule has 28 heavy (non-hydrogen) atoms. The van der Waals surface area contributed by atoms with E-state index in [0.29, 0.717) is 31.3 Å². The lowest BCUT2D eigenvalue weighted by atomic mass is 10.0. The molecule has 2 aliphatic rings. The maximum atomic E-state index is 13.5. The fraction of sp³-hybridized carbons (Fsp3) is 0.429.